The third-order valence-electron chi connectivity index (χ3n) is 2.60. The molecule has 2 rings (SSSR count). The van der Waals surface area contributed by atoms with E-state index in [1.165, 1.54) is 0 Å². The van der Waals surface area contributed by atoms with E-state index in [0.29, 0.717) is 5.82 Å². The van der Waals surface area contributed by atoms with Gasteiger partial charge in [-0.2, -0.15) is 4.98 Å². The number of rotatable bonds is 5. The van der Waals surface area contributed by atoms with Crippen molar-refractivity contribution >= 4 is 10.0 Å². The van der Waals surface area contributed by atoms with Crippen LogP contribution in [0.4, 0.5) is 0 Å². The Bertz CT molecular complexity index is 647. The Labute approximate surface area is 111 Å². The minimum Gasteiger partial charge on any atom is -0.338 e. The summed E-state index contributed by atoms with van der Waals surface area (Å²) in [5.41, 5.74) is 1.97. The number of hydrogen-bond acceptors (Lipinski definition) is 5. The quantitative estimate of drug-likeness (QED) is 0.897. The van der Waals surface area contributed by atoms with Gasteiger partial charge in [-0.25, -0.2) is 13.1 Å². The molecule has 0 bridgehead atoms. The van der Waals surface area contributed by atoms with E-state index in [1.54, 1.807) is 6.92 Å². The molecule has 0 aliphatic carbocycles. The molecule has 7 heteroatoms. The maximum absolute atomic E-state index is 11.3. The van der Waals surface area contributed by atoms with Gasteiger partial charge in [0.05, 0.1) is 12.3 Å². The predicted octanol–water partition coefficient (Wildman–Crippen LogP) is 1.48. The number of nitrogens with one attached hydrogen (secondary N) is 1. The summed E-state index contributed by atoms with van der Waals surface area (Å²) in [6.45, 7) is 3.56. The lowest BCUT2D eigenvalue weighted by atomic mass is 10.1. The zero-order valence-corrected chi connectivity index (χ0v) is 11.6. The van der Waals surface area contributed by atoms with Crippen molar-refractivity contribution in [1.82, 2.24) is 14.9 Å². The van der Waals surface area contributed by atoms with Crippen LogP contribution in [0.3, 0.4) is 0 Å². The summed E-state index contributed by atoms with van der Waals surface area (Å²) in [5.74, 6) is 0.713. The van der Waals surface area contributed by atoms with Gasteiger partial charge >= 0.3 is 0 Å². The molecule has 0 saturated heterocycles. The first-order valence-corrected chi connectivity index (χ1v) is 7.52. The van der Waals surface area contributed by atoms with E-state index < -0.39 is 10.0 Å². The van der Waals surface area contributed by atoms with Crippen molar-refractivity contribution in [2.24, 2.45) is 0 Å². The summed E-state index contributed by atoms with van der Waals surface area (Å²) in [5, 5.41) is 3.82. The molecule has 2 aromatic rings. The van der Waals surface area contributed by atoms with Crippen LogP contribution >= 0.6 is 0 Å². The lowest BCUT2D eigenvalue weighted by molar-refractivity contribution is 0.376. The molecular formula is C12H15N3O3S. The van der Waals surface area contributed by atoms with Crippen molar-refractivity contribution < 1.29 is 12.9 Å². The van der Waals surface area contributed by atoms with Crippen LogP contribution in [-0.4, -0.2) is 24.3 Å². The number of benzene rings is 1. The van der Waals surface area contributed by atoms with Gasteiger partial charge in [-0.1, -0.05) is 35.0 Å². The Morgan fingerprint density at radius 3 is 2.58 bits per heavy atom. The molecule has 1 heterocycles. The predicted molar refractivity (Wildman–Crippen MR) is 70.8 cm³/mol. The van der Waals surface area contributed by atoms with Crippen LogP contribution in [0, 0.1) is 6.92 Å². The number of aromatic nitrogens is 2. The Morgan fingerprint density at radius 2 is 1.95 bits per heavy atom. The molecule has 0 spiro atoms. The van der Waals surface area contributed by atoms with E-state index in [-0.39, 0.29) is 18.2 Å². The summed E-state index contributed by atoms with van der Waals surface area (Å²) in [6, 6.07) is 7.68. The lowest BCUT2D eigenvalue weighted by Crippen LogP contribution is -2.24. The minimum atomic E-state index is -3.26. The number of aryl methyl sites for hydroxylation is 1. The largest absolute Gasteiger partial charge is 0.338 e. The molecule has 1 N–H and O–H groups in total. The summed E-state index contributed by atoms with van der Waals surface area (Å²) < 4.78 is 29.9. The molecule has 19 heavy (non-hydrogen) atoms. The molecule has 0 aliphatic heterocycles. The summed E-state index contributed by atoms with van der Waals surface area (Å²) in [7, 11) is -3.26. The summed E-state index contributed by atoms with van der Waals surface area (Å²) in [6.07, 6.45) is 0. The highest BCUT2D eigenvalue weighted by atomic mass is 32.2. The van der Waals surface area contributed by atoms with E-state index in [4.69, 9.17) is 4.52 Å². The van der Waals surface area contributed by atoms with Gasteiger partial charge in [-0.3, -0.25) is 0 Å². The van der Waals surface area contributed by atoms with Crippen LogP contribution in [0.2, 0.25) is 0 Å². The Morgan fingerprint density at radius 1 is 1.26 bits per heavy atom. The van der Waals surface area contributed by atoms with Crippen LogP contribution in [0.1, 0.15) is 18.4 Å². The average Bonchev–Trinajstić information content (AvgIpc) is 2.86. The van der Waals surface area contributed by atoms with Gasteiger partial charge in [0.2, 0.25) is 21.7 Å². The molecule has 0 aliphatic rings. The summed E-state index contributed by atoms with van der Waals surface area (Å²) in [4.78, 5) is 4.14. The maximum atomic E-state index is 11.3. The van der Waals surface area contributed by atoms with Crippen LogP contribution in [0.15, 0.2) is 28.8 Å². The molecule has 1 aromatic carbocycles. The van der Waals surface area contributed by atoms with Crippen molar-refractivity contribution in [3.8, 4) is 11.4 Å². The van der Waals surface area contributed by atoms with E-state index >= 15 is 0 Å². The first-order chi connectivity index (χ1) is 9.00. The second-order valence-electron chi connectivity index (χ2n) is 4.10. The van der Waals surface area contributed by atoms with Crippen LogP contribution in [0.25, 0.3) is 11.4 Å². The van der Waals surface area contributed by atoms with Crippen LogP contribution < -0.4 is 4.72 Å². The van der Waals surface area contributed by atoms with Gasteiger partial charge in [-0.05, 0) is 13.8 Å². The number of sulfonamides is 1. The third-order valence-corrected chi connectivity index (χ3v) is 3.95. The topological polar surface area (TPSA) is 85.1 Å². The Hall–Kier alpha value is -1.73. The first kappa shape index (κ1) is 13.7. The van der Waals surface area contributed by atoms with Gasteiger partial charge in [-0.15, -0.1) is 0 Å². The molecule has 0 unspecified atom stereocenters. The average molecular weight is 281 g/mol. The number of hydrogen-bond donors (Lipinski definition) is 1. The van der Waals surface area contributed by atoms with Crippen LogP contribution in [0.5, 0.6) is 0 Å². The molecule has 1 aromatic heterocycles. The van der Waals surface area contributed by atoms with Crippen molar-refractivity contribution in [3.63, 3.8) is 0 Å². The summed E-state index contributed by atoms with van der Waals surface area (Å²) >= 11 is 0. The van der Waals surface area contributed by atoms with Gasteiger partial charge in [0, 0.05) is 5.56 Å². The van der Waals surface area contributed by atoms with Crippen LogP contribution in [-0.2, 0) is 16.6 Å². The second kappa shape index (κ2) is 5.50. The molecule has 0 radical (unpaired) electrons. The molecule has 6 nitrogen and oxygen atoms in total. The maximum Gasteiger partial charge on any atom is 0.242 e. The third kappa shape index (κ3) is 3.62. The smallest absolute Gasteiger partial charge is 0.242 e. The zero-order chi connectivity index (χ0) is 13.9. The molecule has 0 saturated carbocycles. The molecule has 0 amide bonds. The molecule has 0 atom stereocenters. The molecule has 0 fully saturated rings. The van der Waals surface area contributed by atoms with Crippen molar-refractivity contribution in [2.45, 2.75) is 20.4 Å². The molecular weight excluding hydrogens is 266 g/mol. The SMILES string of the molecule is CCS(=O)(=O)NCc1nc(-c2ccc(C)cc2)no1. The highest BCUT2D eigenvalue weighted by Crippen LogP contribution is 2.16. The van der Waals surface area contributed by atoms with E-state index in [9.17, 15) is 8.42 Å². The fourth-order valence-corrected chi connectivity index (χ4v) is 1.97. The Balaban J connectivity index is 2.09. The van der Waals surface area contributed by atoms with Crippen molar-refractivity contribution in [2.75, 3.05) is 5.75 Å². The minimum absolute atomic E-state index is 0.00896. The van der Waals surface area contributed by atoms with Gasteiger partial charge < -0.3 is 4.52 Å². The highest BCUT2D eigenvalue weighted by Gasteiger charge is 2.11. The van der Waals surface area contributed by atoms with Gasteiger partial charge in [0.1, 0.15) is 0 Å². The monoisotopic (exact) mass is 281 g/mol. The standard InChI is InChI=1S/C12H15N3O3S/c1-3-19(16,17)13-8-11-14-12(15-18-11)10-6-4-9(2)5-7-10/h4-7,13H,3,8H2,1-2H3. The zero-order valence-electron chi connectivity index (χ0n) is 10.8. The fourth-order valence-electron chi connectivity index (χ4n) is 1.42. The van der Waals surface area contributed by atoms with E-state index in [1.807, 2.05) is 31.2 Å². The lowest BCUT2D eigenvalue weighted by Gasteiger charge is -1.99. The fraction of sp³-hybridized carbons (Fsp3) is 0.333. The normalized spacial score (nSPS) is 11.7. The van der Waals surface area contributed by atoms with Crippen molar-refractivity contribution in [3.05, 3.63) is 35.7 Å². The van der Waals surface area contributed by atoms with Gasteiger partial charge in [0.15, 0.2) is 0 Å². The second-order valence-corrected chi connectivity index (χ2v) is 6.20. The van der Waals surface area contributed by atoms with Gasteiger partial charge in [0.25, 0.3) is 0 Å². The van der Waals surface area contributed by atoms with E-state index in [2.05, 4.69) is 14.9 Å². The highest BCUT2D eigenvalue weighted by molar-refractivity contribution is 7.89. The first-order valence-electron chi connectivity index (χ1n) is 5.87. The van der Waals surface area contributed by atoms with Crippen molar-refractivity contribution in [1.29, 1.82) is 0 Å². The van der Waals surface area contributed by atoms with E-state index in [0.717, 1.165) is 11.1 Å². The number of nitrogens with zero attached hydrogens (tertiary/aromatic N) is 2. The Kier molecular flexibility index (Phi) is 3.96. The molecule has 102 valence electrons.